The van der Waals surface area contributed by atoms with Crippen molar-refractivity contribution in [3.63, 3.8) is 0 Å². The number of nitrogens with two attached hydrogens (primary N) is 1. The van der Waals surface area contributed by atoms with Gasteiger partial charge in [-0.05, 0) is 37.8 Å². The molecule has 0 saturated heterocycles. The highest BCUT2D eigenvalue weighted by atomic mass is 32.1. The number of rotatable bonds is 4. The summed E-state index contributed by atoms with van der Waals surface area (Å²) >= 11 is 4.98. The largest absolute Gasteiger partial charge is 0.392 e. The van der Waals surface area contributed by atoms with Crippen molar-refractivity contribution in [2.75, 3.05) is 0 Å². The van der Waals surface area contributed by atoms with Crippen LogP contribution < -0.4 is 11.1 Å². The van der Waals surface area contributed by atoms with Crippen LogP contribution in [0.1, 0.15) is 28.9 Å². The molecule has 90 valence electrons. The Bertz CT molecular complexity index is 457. The lowest BCUT2D eigenvalue weighted by atomic mass is 10.1. The van der Waals surface area contributed by atoms with Gasteiger partial charge in [-0.25, -0.2) is 0 Å². The Kier molecular flexibility index (Phi) is 3.38. The second-order valence-corrected chi connectivity index (χ2v) is 4.80. The van der Waals surface area contributed by atoms with Gasteiger partial charge in [0.25, 0.3) is 5.91 Å². The number of carbonyl (C=O) groups excluding carboxylic acids is 1. The summed E-state index contributed by atoms with van der Waals surface area (Å²) in [5.41, 5.74) is 6.93. The summed E-state index contributed by atoms with van der Waals surface area (Å²) < 4.78 is 0. The number of amides is 1. The average molecular weight is 249 g/mol. The molecular weight excluding hydrogens is 234 g/mol. The Morgan fingerprint density at radius 1 is 1.65 bits per heavy atom. The number of aromatic nitrogens is 1. The third-order valence-corrected chi connectivity index (χ3v) is 3.19. The number of aryl methyl sites for hydroxylation is 1. The van der Waals surface area contributed by atoms with Crippen LogP contribution in [0, 0.1) is 12.8 Å². The summed E-state index contributed by atoms with van der Waals surface area (Å²) in [7, 11) is 0. The first-order valence-electron chi connectivity index (χ1n) is 5.61. The van der Waals surface area contributed by atoms with Crippen LogP contribution in [0.5, 0.6) is 0 Å². The van der Waals surface area contributed by atoms with Gasteiger partial charge in [-0.15, -0.1) is 0 Å². The van der Waals surface area contributed by atoms with E-state index in [-0.39, 0.29) is 11.9 Å². The molecule has 1 saturated carbocycles. The third kappa shape index (κ3) is 2.79. The molecule has 1 aromatic heterocycles. The van der Waals surface area contributed by atoms with Crippen LogP contribution in [0.4, 0.5) is 0 Å². The van der Waals surface area contributed by atoms with Crippen LogP contribution in [-0.2, 0) is 0 Å². The zero-order valence-corrected chi connectivity index (χ0v) is 10.5. The lowest BCUT2D eigenvalue weighted by Crippen LogP contribution is -2.45. The van der Waals surface area contributed by atoms with Crippen molar-refractivity contribution < 1.29 is 4.79 Å². The molecule has 3 N–H and O–H groups in total. The number of carbonyl (C=O) groups is 1. The summed E-state index contributed by atoms with van der Waals surface area (Å²) in [6.45, 7) is 1.81. The van der Waals surface area contributed by atoms with E-state index < -0.39 is 0 Å². The summed E-state index contributed by atoms with van der Waals surface area (Å²) in [4.78, 5) is 16.5. The molecule has 1 atom stereocenters. The predicted octanol–water partition coefficient (Wildman–Crippen LogP) is 1.18. The Hall–Kier alpha value is -1.49. The van der Waals surface area contributed by atoms with Crippen molar-refractivity contribution in [1.29, 1.82) is 0 Å². The maximum atomic E-state index is 12.0. The molecular formula is C12H15N3OS. The average Bonchev–Trinajstić information content (AvgIpc) is 3.09. The van der Waals surface area contributed by atoms with Gasteiger partial charge in [-0.1, -0.05) is 12.2 Å². The van der Waals surface area contributed by atoms with Gasteiger partial charge in [0.1, 0.15) is 0 Å². The van der Waals surface area contributed by atoms with Gasteiger partial charge >= 0.3 is 0 Å². The maximum Gasteiger partial charge on any atom is 0.253 e. The van der Waals surface area contributed by atoms with E-state index >= 15 is 0 Å². The van der Waals surface area contributed by atoms with Crippen molar-refractivity contribution in [2.45, 2.75) is 25.8 Å². The van der Waals surface area contributed by atoms with Gasteiger partial charge in [0, 0.05) is 11.9 Å². The maximum absolute atomic E-state index is 12.0. The second kappa shape index (κ2) is 4.79. The lowest BCUT2D eigenvalue weighted by molar-refractivity contribution is 0.0943. The fourth-order valence-corrected chi connectivity index (χ4v) is 2.05. The molecule has 17 heavy (non-hydrogen) atoms. The van der Waals surface area contributed by atoms with Crippen molar-refractivity contribution in [3.8, 4) is 0 Å². The quantitative estimate of drug-likeness (QED) is 0.786. The molecule has 0 radical (unpaired) electrons. The van der Waals surface area contributed by atoms with E-state index in [0.717, 1.165) is 12.8 Å². The van der Waals surface area contributed by atoms with Gasteiger partial charge < -0.3 is 11.1 Å². The minimum atomic E-state index is -0.183. The molecule has 5 heteroatoms. The first kappa shape index (κ1) is 12.0. The minimum absolute atomic E-state index is 0.153. The second-order valence-electron chi connectivity index (χ2n) is 4.33. The Morgan fingerprint density at radius 3 is 2.88 bits per heavy atom. The monoisotopic (exact) mass is 249 g/mol. The van der Waals surface area contributed by atoms with Gasteiger partial charge in [0.05, 0.1) is 16.6 Å². The zero-order chi connectivity index (χ0) is 12.4. The molecule has 1 aliphatic rings. The van der Waals surface area contributed by atoms with Crippen LogP contribution in [0.2, 0.25) is 0 Å². The van der Waals surface area contributed by atoms with Gasteiger partial charge in [0.2, 0.25) is 0 Å². The minimum Gasteiger partial charge on any atom is -0.392 e. The molecule has 0 spiro atoms. The highest BCUT2D eigenvalue weighted by molar-refractivity contribution is 7.80. The first-order chi connectivity index (χ1) is 8.09. The van der Waals surface area contributed by atoms with Gasteiger partial charge in [-0.3, -0.25) is 9.78 Å². The summed E-state index contributed by atoms with van der Waals surface area (Å²) in [6, 6.07) is 3.31. The molecule has 1 heterocycles. The van der Waals surface area contributed by atoms with E-state index in [2.05, 4.69) is 10.3 Å². The molecule has 0 aliphatic heterocycles. The number of hydrogen-bond acceptors (Lipinski definition) is 3. The van der Waals surface area contributed by atoms with Crippen LogP contribution in [0.25, 0.3) is 0 Å². The normalized spacial score (nSPS) is 16.3. The number of pyridine rings is 1. The summed E-state index contributed by atoms with van der Waals surface area (Å²) in [5, 5.41) is 2.89. The van der Waals surface area contributed by atoms with E-state index in [1.165, 1.54) is 0 Å². The van der Waals surface area contributed by atoms with E-state index in [0.29, 0.717) is 22.2 Å². The number of thiocarbonyl (C=S) groups is 1. The van der Waals surface area contributed by atoms with Crippen LogP contribution >= 0.6 is 12.2 Å². The van der Waals surface area contributed by atoms with E-state index in [4.69, 9.17) is 18.0 Å². The first-order valence-corrected chi connectivity index (χ1v) is 6.02. The number of nitrogens with one attached hydrogen (secondary N) is 1. The smallest absolute Gasteiger partial charge is 0.253 e. The molecule has 1 unspecified atom stereocenters. The fraction of sp³-hybridized carbons (Fsp3) is 0.417. The molecule has 1 amide bonds. The Balaban J connectivity index is 2.10. The van der Waals surface area contributed by atoms with Crippen molar-refractivity contribution >= 4 is 23.1 Å². The molecule has 1 aromatic rings. The molecule has 1 aliphatic carbocycles. The third-order valence-electron chi connectivity index (χ3n) is 2.94. The van der Waals surface area contributed by atoms with E-state index in [9.17, 15) is 4.79 Å². The Labute approximate surface area is 106 Å². The van der Waals surface area contributed by atoms with Crippen molar-refractivity contribution in [3.05, 3.63) is 29.6 Å². The molecule has 1 fully saturated rings. The lowest BCUT2D eigenvalue weighted by Gasteiger charge is -2.17. The summed E-state index contributed by atoms with van der Waals surface area (Å²) in [5.74, 6) is 0.258. The van der Waals surface area contributed by atoms with Gasteiger partial charge in [0.15, 0.2) is 0 Å². The highest BCUT2D eigenvalue weighted by Crippen LogP contribution is 2.32. The Morgan fingerprint density at radius 2 is 2.35 bits per heavy atom. The molecule has 0 aromatic carbocycles. The summed E-state index contributed by atoms with van der Waals surface area (Å²) in [6.07, 6.45) is 3.82. The van der Waals surface area contributed by atoms with Crippen LogP contribution in [0.3, 0.4) is 0 Å². The standard InChI is InChI=1S/C12H15N3OS/c1-7-9(3-2-6-14-7)12(16)15-10(11(13)17)8-4-5-8/h2-3,6,8,10H,4-5H2,1H3,(H2,13,17)(H,15,16). The van der Waals surface area contributed by atoms with Crippen molar-refractivity contribution in [2.24, 2.45) is 11.7 Å². The van der Waals surface area contributed by atoms with E-state index in [1.54, 1.807) is 18.3 Å². The molecule has 0 bridgehead atoms. The van der Waals surface area contributed by atoms with Crippen LogP contribution in [0.15, 0.2) is 18.3 Å². The zero-order valence-electron chi connectivity index (χ0n) is 9.64. The molecule has 2 rings (SSSR count). The highest BCUT2D eigenvalue weighted by Gasteiger charge is 2.34. The SMILES string of the molecule is Cc1ncccc1C(=O)NC(C(N)=S)C1CC1. The topological polar surface area (TPSA) is 68.0 Å². The van der Waals surface area contributed by atoms with Crippen LogP contribution in [-0.4, -0.2) is 21.9 Å². The fourth-order valence-electron chi connectivity index (χ4n) is 1.79. The number of hydrogen-bond donors (Lipinski definition) is 2. The predicted molar refractivity (Wildman–Crippen MR) is 69.7 cm³/mol. The van der Waals surface area contributed by atoms with Gasteiger partial charge in [-0.2, -0.15) is 0 Å². The number of nitrogens with zero attached hydrogens (tertiary/aromatic N) is 1. The van der Waals surface area contributed by atoms with E-state index in [1.807, 2.05) is 6.92 Å². The van der Waals surface area contributed by atoms with Crippen molar-refractivity contribution in [1.82, 2.24) is 10.3 Å². The molecule has 4 nitrogen and oxygen atoms in total.